The van der Waals surface area contributed by atoms with Gasteiger partial charge in [-0.2, -0.15) is 0 Å². The van der Waals surface area contributed by atoms with Crippen LogP contribution in [0.2, 0.25) is 0 Å². The van der Waals surface area contributed by atoms with Crippen LogP contribution in [0.3, 0.4) is 0 Å². The molecule has 1 aliphatic heterocycles. The van der Waals surface area contributed by atoms with Crippen molar-refractivity contribution in [2.24, 2.45) is 11.8 Å². The Hall–Kier alpha value is -0.830. The number of rotatable bonds is 6. The van der Waals surface area contributed by atoms with Crippen molar-refractivity contribution >= 4 is 5.91 Å². The van der Waals surface area contributed by atoms with Crippen molar-refractivity contribution in [3.05, 3.63) is 11.6 Å². The van der Waals surface area contributed by atoms with Gasteiger partial charge in [0.2, 0.25) is 5.91 Å². The van der Waals surface area contributed by atoms with Gasteiger partial charge in [-0.25, -0.2) is 0 Å². The minimum absolute atomic E-state index is 0.264. The summed E-state index contributed by atoms with van der Waals surface area (Å²) in [5.41, 5.74) is 1.44. The monoisotopic (exact) mass is 250 g/mol. The second-order valence-electron chi connectivity index (χ2n) is 5.98. The van der Waals surface area contributed by atoms with Crippen LogP contribution < -0.4 is 5.32 Å². The van der Waals surface area contributed by atoms with Crippen LogP contribution in [0.5, 0.6) is 0 Å². The minimum Gasteiger partial charge on any atom is -0.356 e. The lowest BCUT2D eigenvalue weighted by atomic mass is 10.1. The third-order valence-corrected chi connectivity index (χ3v) is 4.09. The molecule has 2 aliphatic rings. The molecule has 2 fully saturated rings. The van der Waals surface area contributed by atoms with Gasteiger partial charge in [-0.1, -0.05) is 11.6 Å². The van der Waals surface area contributed by atoms with Gasteiger partial charge in [-0.15, -0.1) is 0 Å². The van der Waals surface area contributed by atoms with E-state index in [0.717, 1.165) is 26.1 Å². The van der Waals surface area contributed by atoms with Crippen molar-refractivity contribution in [2.75, 3.05) is 26.2 Å². The lowest BCUT2D eigenvalue weighted by molar-refractivity contribution is -0.121. The molecule has 1 saturated heterocycles. The summed E-state index contributed by atoms with van der Waals surface area (Å²) in [7, 11) is 0. The summed E-state index contributed by atoms with van der Waals surface area (Å²) in [5.74, 6) is 1.61. The van der Waals surface area contributed by atoms with Crippen molar-refractivity contribution in [3.63, 3.8) is 0 Å². The predicted octanol–water partition coefficient (Wildman–Crippen LogP) is 2.19. The van der Waals surface area contributed by atoms with Crippen LogP contribution in [0, 0.1) is 11.8 Å². The van der Waals surface area contributed by atoms with Crippen molar-refractivity contribution in [1.29, 1.82) is 0 Å². The van der Waals surface area contributed by atoms with Gasteiger partial charge in [0.15, 0.2) is 0 Å². The number of carbonyl (C=O) groups excluding carboxylic acids is 1. The van der Waals surface area contributed by atoms with E-state index < -0.39 is 0 Å². The van der Waals surface area contributed by atoms with E-state index in [4.69, 9.17) is 0 Å². The molecular weight excluding hydrogens is 224 g/mol. The van der Waals surface area contributed by atoms with Crippen LogP contribution in [0.25, 0.3) is 0 Å². The maximum atomic E-state index is 11.6. The first-order valence-electron chi connectivity index (χ1n) is 7.28. The molecule has 1 heterocycles. The second-order valence-corrected chi connectivity index (χ2v) is 5.98. The SMILES string of the molecule is C/C=C(\C)CN1CC[C@H](CNC(=O)CC2CC2)C1. The molecule has 1 atom stereocenters. The van der Waals surface area contributed by atoms with E-state index in [2.05, 4.69) is 30.1 Å². The van der Waals surface area contributed by atoms with Gasteiger partial charge in [-0.3, -0.25) is 9.69 Å². The molecule has 3 nitrogen and oxygen atoms in total. The Labute approximate surface area is 111 Å². The fourth-order valence-electron chi connectivity index (χ4n) is 2.58. The van der Waals surface area contributed by atoms with Gasteiger partial charge < -0.3 is 5.32 Å². The number of hydrogen-bond acceptors (Lipinski definition) is 2. The summed E-state index contributed by atoms with van der Waals surface area (Å²) >= 11 is 0. The van der Waals surface area contributed by atoms with Crippen LogP contribution in [0.4, 0.5) is 0 Å². The molecule has 0 aromatic carbocycles. The molecule has 1 aliphatic carbocycles. The van der Waals surface area contributed by atoms with E-state index in [-0.39, 0.29) is 5.91 Å². The molecule has 1 saturated carbocycles. The first-order chi connectivity index (χ1) is 8.67. The first-order valence-corrected chi connectivity index (χ1v) is 7.28. The number of nitrogens with zero attached hydrogens (tertiary/aromatic N) is 1. The number of hydrogen-bond donors (Lipinski definition) is 1. The van der Waals surface area contributed by atoms with Crippen molar-refractivity contribution in [1.82, 2.24) is 10.2 Å². The Balaban J connectivity index is 1.61. The van der Waals surface area contributed by atoms with Crippen LogP contribution in [0.1, 0.15) is 39.5 Å². The van der Waals surface area contributed by atoms with E-state index in [1.54, 1.807) is 0 Å². The average Bonchev–Trinajstić information content (AvgIpc) is 3.05. The lowest BCUT2D eigenvalue weighted by Crippen LogP contribution is -2.31. The van der Waals surface area contributed by atoms with Gasteiger partial charge in [0.05, 0.1) is 0 Å². The van der Waals surface area contributed by atoms with Gasteiger partial charge >= 0.3 is 0 Å². The molecule has 102 valence electrons. The second kappa shape index (κ2) is 6.37. The summed E-state index contributed by atoms with van der Waals surface area (Å²) in [4.78, 5) is 14.1. The van der Waals surface area contributed by atoms with Gasteiger partial charge in [0, 0.05) is 26.1 Å². The summed E-state index contributed by atoms with van der Waals surface area (Å²) in [6.45, 7) is 8.55. The fourth-order valence-corrected chi connectivity index (χ4v) is 2.58. The number of allylic oxidation sites excluding steroid dienone is 1. The molecule has 0 unspecified atom stereocenters. The highest BCUT2D eigenvalue weighted by Gasteiger charge is 2.26. The van der Waals surface area contributed by atoms with Crippen LogP contribution in [0.15, 0.2) is 11.6 Å². The highest BCUT2D eigenvalue weighted by molar-refractivity contribution is 5.76. The smallest absolute Gasteiger partial charge is 0.220 e. The molecule has 1 N–H and O–H groups in total. The molecule has 0 bridgehead atoms. The Kier molecular flexibility index (Phi) is 4.81. The third-order valence-electron chi connectivity index (χ3n) is 4.09. The van der Waals surface area contributed by atoms with Crippen LogP contribution in [-0.4, -0.2) is 37.0 Å². The molecule has 3 heteroatoms. The maximum absolute atomic E-state index is 11.6. The Morgan fingerprint density at radius 1 is 1.33 bits per heavy atom. The summed E-state index contributed by atoms with van der Waals surface area (Å²) in [6.07, 6.45) is 6.68. The molecule has 18 heavy (non-hydrogen) atoms. The van der Waals surface area contributed by atoms with Gasteiger partial charge in [-0.05, 0) is 51.5 Å². The number of nitrogens with one attached hydrogen (secondary N) is 1. The zero-order valence-electron chi connectivity index (χ0n) is 11.7. The van der Waals surface area contributed by atoms with E-state index >= 15 is 0 Å². The van der Waals surface area contributed by atoms with Crippen LogP contribution >= 0.6 is 0 Å². The van der Waals surface area contributed by atoms with E-state index in [0.29, 0.717) is 11.8 Å². The number of amides is 1. The Morgan fingerprint density at radius 3 is 2.78 bits per heavy atom. The molecule has 0 radical (unpaired) electrons. The lowest BCUT2D eigenvalue weighted by Gasteiger charge is -2.16. The largest absolute Gasteiger partial charge is 0.356 e. The maximum Gasteiger partial charge on any atom is 0.220 e. The standard InChI is InChI=1S/C15H26N2O/c1-3-12(2)10-17-7-6-14(11-17)9-16-15(18)8-13-4-5-13/h3,13-14H,4-11H2,1-2H3,(H,16,18)/b12-3+/t14-/m1/s1. The normalized spacial score (nSPS) is 25.4. The zero-order chi connectivity index (χ0) is 13.0. The van der Waals surface area contributed by atoms with Gasteiger partial charge in [0.25, 0.3) is 0 Å². The molecule has 0 aromatic rings. The predicted molar refractivity (Wildman–Crippen MR) is 74.3 cm³/mol. The molecule has 1 amide bonds. The topological polar surface area (TPSA) is 32.3 Å². The van der Waals surface area contributed by atoms with Crippen molar-refractivity contribution in [2.45, 2.75) is 39.5 Å². The summed E-state index contributed by atoms with van der Waals surface area (Å²) < 4.78 is 0. The highest BCUT2D eigenvalue weighted by atomic mass is 16.1. The van der Waals surface area contributed by atoms with E-state index in [1.165, 1.54) is 31.4 Å². The van der Waals surface area contributed by atoms with E-state index in [9.17, 15) is 4.79 Å². The van der Waals surface area contributed by atoms with E-state index in [1.807, 2.05) is 0 Å². The quantitative estimate of drug-likeness (QED) is 0.733. The molecule has 2 rings (SSSR count). The zero-order valence-corrected chi connectivity index (χ0v) is 11.7. The molecule has 0 spiro atoms. The average molecular weight is 250 g/mol. The minimum atomic E-state index is 0.264. The first kappa shape index (κ1) is 13.6. The third kappa shape index (κ3) is 4.45. The summed E-state index contributed by atoms with van der Waals surface area (Å²) in [5, 5.41) is 3.10. The van der Waals surface area contributed by atoms with Crippen molar-refractivity contribution < 1.29 is 4.79 Å². The van der Waals surface area contributed by atoms with Gasteiger partial charge in [0.1, 0.15) is 0 Å². The van der Waals surface area contributed by atoms with Crippen LogP contribution in [-0.2, 0) is 4.79 Å². The Morgan fingerprint density at radius 2 is 2.11 bits per heavy atom. The fraction of sp³-hybridized carbons (Fsp3) is 0.800. The highest BCUT2D eigenvalue weighted by Crippen LogP contribution is 2.32. The summed E-state index contributed by atoms with van der Waals surface area (Å²) in [6, 6.07) is 0. The molecular formula is C15H26N2O. The number of carbonyl (C=O) groups is 1. The van der Waals surface area contributed by atoms with Crippen molar-refractivity contribution in [3.8, 4) is 0 Å². The number of likely N-dealkylation sites (tertiary alicyclic amines) is 1. The molecule has 0 aromatic heterocycles. The Bertz CT molecular complexity index is 320.